The summed E-state index contributed by atoms with van der Waals surface area (Å²) in [4.78, 5) is 29.9. The summed E-state index contributed by atoms with van der Waals surface area (Å²) in [6.07, 6.45) is 1.37. The van der Waals surface area contributed by atoms with Gasteiger partial charge >= 0.3 is 5.97 Å². The van der Waals surface area contributed by atoms with E-state index in [9.17, 15) is 9.59 Å². The van der Waals surface area contributed by atoms with Crippen LogP contribution in [0.15, 0.2) is 59.6 Å². The molecule has 140 valence electrons. The lowest BCUT2D eigenvalue weighted by Gasteiger charge is -2.31. The summed E-state index contributed by atoms with van der Waals surface area (Å²) in [6.45, 7) is 3.51. The predicted molar refractivity (Wildman–Crippen MR) is 106 cm³/mol. The van der Waals surface area contributed by atoms with Gasteiger partial charge in [-0.05, 0) is 37.1 Å². The van der Waals surface area contributed by atoms with E-state index >= 15 is 0 Å². The predicted octanol–water partition coefficient (Wildman–Crippen LogP) is 4.95. The van der Waals surface area contributed by atoms with Crippen LogP contribution < -0.4 is 0 Å². The van der Waals surface area contributed by atoms with Crippen molar-refractivity contribution in [1.29, 1.82) is 0 Å². The molecule has 0 amide bonds. The lowest BCUT2D eigenvalue weighted by molar-refractivity contribution is -0.140. The van der Waals surface area contributed by atoms with Crippen molar-refractivity contribution in [3.05, 3.63) is 70.7 Å². The van der Waals surface area contributed by atoms with Gasteiger partial charge in [-0.25, -0.2) is 9.79 Å². The van der Waals surface area contributed by atoms with Crippen molar-refractivity contribution in [3.63, 3.8) is 0 Å². The number of nitrogens with zero attached hydrogens (tertiary/aromatic N) is 1. The topological polar surface area (TPSA) is 55.7 Å². The monoisotopic (exact) mass is 383 g/mol. The van der Waals surface area contributed by atoms with Crippen molar-refractivity contribution in [2.24, 2.45) is 4.99 Å². The van der Waals surface area contributed by atoms with Crippen LogP contribution in [0.5, 0.6) is 0 Å². The van der Waals surface area contributed by atoms with E-state index in [1.807, 2.05) is 55.5 Å². The maximum Gasteiger partial charge on any atom is 0.341 e. The van der Waals surface area contributed by atoms with Crippen LogP contribution in [-0.4, -0.2) is 23.2 Å². The molecule has 0 radical (unpaired) electrons. The normalized spacial score (nSPS) is 20.1. The van der Waals surface area contributed by atoms with Gasteiger partial charge in [0.2, 0.25) is 5.90 Å². The molecule has 0 unspecified atom stereocenters. The summed E-state index contributed by atoms with van der Waals surface area (Å²) >= 11 is 6.43. The second-order valence-electron chi connectivity index (χ2n) is 6.83. The third-order valence-corrected chi connectivity index (χ3v) is 5.19. The van der Waals surface area contributed by atoms with Gasteiger partial charge in [-0.3, -0.25) is 0 Å². The number of benzene rings is 2. The maximum absolute atomic E-state index is 13.1. The molecule has 1 aliphatic heterocycles. The lowest BCUT2D eigenvalue weighted by Crippen LogP contribution is -2.41. The number of ether oxygens (including phenoxy) is 1. The van der Waals surface area contributed by atoms with Crippen LogP contribution in [0.25, 0.3) is 0 Å². The van der Waals surface area contributed by atoms with Gasteiger partial charge in [-0.2, -0.15) is 0 Å². The van der Waals surface area contributed by atoms with Crippen LogP contribution in [0, 0.1) is 0 Å². The zero-order valence-corrected chi connectivity index (χ0v) is 16.2. The van der Waals surface area contributed by atoms with E-state index in [-0.39, 0.29) is 12.2 Å². The van der Waals surface area contributed by atoms with Crippen LogP contribution in [0.4, 0.5) is 0 Å². The molecule has 3 rings (SSSR count). The minimum absolute atomic E-state index is 0.0217. The summed E-state index contributed by atoms with van der Waals surface area (Å²) in [5, 5.41) is 0.524. The standard InChI is InChI=1S/C22H22ClNO3/c1-3-13-22(18(14-15(2)25)17-11-7-8-12-19(17)23)21(26)27-20(24-22)16-9-5-4-6-10-16/h4-12,18H,3,13-14H2,1-2H3/t18-,22+/m0/s1. The van der Waals surface area contributed by atoms with Crippen LogP contribution in [0.2, 0.25) is 5.02 Å². The summed E-state index contributed by atoms with van der Waals surface area (Å²) in [5.74, 6) is -0.618. The third kappa shape index (κ3) is 3.81. The van der Waals surface area contributed by atoms with Crippen LogP contribution in [-0.2, 0) is 14.3 Å². The number of ketones is 1. The molecule has 0 saturated carbocycles. The van der Waals surface area contributed by atoms with Crippen molar-refractivity contribution < 1.29 is 14.3 Å². The van der Waals surface area contributed by atoms with Gasteiger partial charge in [0, 0.05) is 22.9 Å². The third-order valence-electron chi connectivity index (χ3n) is 4.84. The van der Waals surface area contributed by atoms with Crippen LogP contribution in [0.1, 0.15) is 50.2 Å². The quantitative estimate of drug-likeness (QED) is 0.636. The number of aliphatic imine (C=N–C) groups is 1. The Morgan fingerprint density at radius 2 is 1.81 bits per heavy atom. The Morgan fingerprint density at radius 1 is 1.15 bits per heavy atom. The maximum atomic E-state index is 13.1. The smallest absolute Gasteiger partial charge is 0.341 e. The molecule has 2 atom stereocenters. The van der Waals surface area contributed by atoms with Crippen molar-refractivity contribution in [1.82, 2.24) is 0 Å². The zero-order chi connectivity index (χ0) is 19.4. The highest BCUT2D eigenvalue weighted by Gasteiger charge is 2.52. The highest BCUT2D eigenvalue weighted by atomic mass is 35.5. The SMILES string of the molecule is CCC[C@]1([C@@H](CC(C)=O)c2ccccc2Cl)N=C(c2ccccc2)OC1=O. The number of cyclic esters (lactones) is 1. The van der Waals surface area contributed by atoms with E-state index in [0.29, 0.717) is 17.3 Å². The minimum Gasteiger partial charge on any atom is -0.405 e. The van der Waals surface area contributed by atoms with Gasteiger partial charge in [-0.15, -0.1) is 0 Å². The van der Waals surface area contributed by atoms with Gasteiger partial charge in [0.25, 0.3) is 0 Å². The Balaban J connectivity index is 2.15. The number of halogens is 1. The lowest BCUT2D eigenvalue weighted by atomic mass is 9.74. The van der Waals surface area contributed by atoms with Crippen molar-refractivity contribution in [2.75, 3.05) is 0 Å². The first-order chi connectivity index (χ1) is 13.0. The fourth-order valence-electron chi connectivity index (χ4n) is 3.64. The van der Waals surface area contributed by atoms with Crippen LogP contribution >= 0.6 is 11.6 Å². The van der Waals surface area contributed by atoms with Crippen molar-refractivity contribution in [3.8, 4) is 0 Å². The molecule has 2 aromatic carbocycles. The summed E-state index contributed by atoms with van der Waals surface area (Å²) < 4.78 is 5.60. The van der Waals surface area contributed by atoms with Crippen molar-refractivity contribution in [2.45, 2.75) is 44.6 Å². The van der Waals surface area contributed by atoms with E-state index in [0.717, 1.165) is 17.5 Å². The molecule has 5 heteroatoms. The number of esters is 1. The molecule has 0 N–H and O–H groups in total. The number of Topliss-reactive ketones (excluding diaryl/α,β-unsaturated/α-hetero) is 1. The highest BCUT2D eigenvalue weighted by Crippen LogP contribution is 2.44. The molecule has 1 aliphatic rings. The first-order valence-electron chi connectivity index (χ1n) is 9.09. The Labute approximate surface area is 164 Å². The molecule has 0 saturated heterocycles. The van der Waals surface area contributed by atoms with E-state index in [4.69, 9.17) is 21.3 Å². The first-order valence-corrected chi connectivity index (χ1v) is 9.47. The largest absolute Gasteiger partial charge is 0.405 e. The Morgan fingerprint density at radius 3 is 2.44 bits per heavy atom. The molecule has 27 heavy (non-hydrogen) atoms. The van der Waals surface area contributed by atoms with Crippen molar-refractivity contribution >= 4 is 29.3 Å². The van der Waals surface area contributed by atoms with Gasteiger partial charge in [0.15, 0.2) is 5.54 Å². The molecule has 0 aliphatic carbocycles. The second kappa shape index (κ2) is 8.05. The fourth-order valence-corrected chi connectivity index (χ4v) is 3.91. The molecular formula is C22H22ClNO3. The molecule has 0 spiro atoms. The molecule has 0 bridgehead atoms. The van der Waals surface area contributed by atoms with Gasteiger partial charge in [0.05, 0.1) is 0 Å². The van der Waals surface area contributed by atoms with Gasteiger partial charge in [-0.1, -0.05) is 61.3 Å². The average molecular weight is 384 g/mol. The first kappa shape index (κ1) is 19.3. The average Bonchev–Trinajstić information content (AvgIpc) is 2.99. The highest BCUT2D eigenvalue weighted by molar-refractivity contribution is 6.31. The number of hydrogen-bond acceptors (Lipinski definition) is 4. The number of hydrogen-bond donors (Lipinski definition) is 0. The van der Waals surface area contributed by atoms with Gasteiger partial charge < -0.3 is 9.53 Å². The van der Waals surface area contributed by atoms with E-state index in [1.54, 1.807) is 6.07 Å². The van der Waals surface area contributed by atoms with E-state index in [2.05, 4.69) is 0 Å². The summed E-state index contributed by atoms with van der Waals surface area (Å²) in [5.41, 5.74) is 0.332. The Kier molecular flexibility index (Phi) is 5.76. The zero-order valence-electron chi connectivity index (χ0n) is 15.4. The molecule has 1 heterocycles. The molecular weight excluding hydrogens is 362 g/mol. The van der Waals surface area contributed by atoms with E-state index in [1.165, 1.54) is 6.92 Å². The summed E-state index contributed by atoms with van der Waals surface area (Å²) in [6, 6.07) is 16.6. The van der Waals surface area contributed by atoms with Gasteiger partial charge in [0.1, 0.15) is 5.78 Å². The fraction of sp³-hybridized carbons (Fsp3) is 0.318. The Bertz CT molecular complexity index is 878. The van der Waals surface area contributed by atoms with Crippen LogP contribution in [0.3, 0.4) is 0 Å². The summed E-state index contributed by atoms with van der Waals surface area (Å²) in [7, 11) is 0. The molecule has 4 nitrogen and oxygen atoms in total. The minimum atomic E-state index is -1.16. The van der Waals surface area contributed by atoms with E-state index < -0.39 is 17.4 Å². The number of carbonyl (C=O) groups is 2. The Hall–Kier alpha value is -2.46. The molecule has 0 fully saturated rings. The number of carbonyl (C=O) groups excluding carboxylic acids is 2. The molecule has 0 aromatic heterocycles. The second-order valence-corrected chi connectivity index (χ2v) is 7.23. The number of rotatable bonds is 7. The molecule has 2 aromatic rings.